The Bertz CT molecular complexity index is 666. The van der Waals surface area contributed by atoms with Crippen molar-refractivity contribution >= 4 is 28.9 Å². The average Bonchev–Trinajstić information content (AvgIpc) is 3.11. The summed E-state index contributed by atoms with van der Waals surface area (Å²) in [5.74, 6) is 1.46. The van der Waals surface area contributed by atoms with Crippen LogP contribution in [0.3, 0.4) is 0 Å². The van der Waals surface area contributed by atoms with E-state index >= 15 is 0 Å². The molecule has 3 heterocycles. The molecule has 21 heavy (non-hydrogen) atoms. The lowest BCUT2D eigenvalue weighted by atomic mass is 10.3. The molecule has 6 heteroatoms. The number of anilines is 2. The van der Waals surface area contributed by atoms with Crippen molar-refractivity contribution in [3.8, 4) is 0 Å². The summed E-state index contributed by atoms with van der Waals surface area (Å²) < 4.78 is 0. The normalized spacial score (nSPS) is 16.9. The number of amides is 1. The van der Waals surface area contributed by atoms with E-state index in [1.165, 1.54) is 17.7 Å². The van der Waals surface area contributed by atoms with Crippen LogP contribution in [0.15, 0.2) is 24.5 Å². The summed E-state index contributed by atoms with van der Waals surface area (Å²) in [7, 11) is 0. The Morgan fingerprint density at radius 2 is 2.19 bits per heavy atom. The lowest BCUT2D eigenvalue weighted by Crippen LogP contribution is -2.24. The number of thiophene rings is 1. The minimum Gasteiger partial charge on any atom is -0.351 e. The van der Waals surface area contributed by atoms with E-state index in [0.717, 1.165) is 30.1 Å². The number of nitrogens with one attached hydrogen (secondary N) is 1. The van der Waals surface area contributed by atoms with Gasteiger partial charge in [-0.25, -0.2) is 9.97 Å². The second-order valence-corrected chi connectivity index (χ2v) is 6.66. The molecule has 0 saturated heterocycles. The van der Waals surface area contributed by atoms with Gasteiger partial charge in [0.15, 0.2) is 0 Å². The summed E-state index contributed by atoms with van der Waals surface area (Å²) in [6.45, 7) is 1.70. The van der Waals surface area contributed by atoms with Gasteiger partial charge < -0.3 is 10.2 Å². The van der Waals surface area contributed by atoms with Gasteiger partial charge in [-0.15, -0.1) is 11.3 Å². The summed E-state index contributed by atoms with van der Waals surface area (Å²) >= 11 is 1.59. The Morgan fingerprint density at radius 1 is 1.38 bits per heavy atom. The molecule has 5 nitrogen and oxygen atoms in total. The maximum Gasteiger partial charge on any atom is 0.261 e. The zero-order valence-corrected chi connectivity index (χ0v) is 12.4. The molecular formula is C15H16N4OS. The molecule has 108 valence electrons. The van der Waals surface area contributed by atoms with Gasteiger partial charge in [-0.2, -0.15) is 0 Å². The summed E-state index contributed by atoms with van der Waals surface area (Å²) in [4.78, 5) is 24.9. The van der Waals surface area contributed by atoms with Crippen LogP contribution in [-0.4, -0.2) is 29.0 Å². The molecular weight excluding hydrogens is 284 g/mol. The van der Waals surface area contributed by atoms with E-state index in [1.54, 1.807) is 23.7 Å². The molecule has 1 aliphatic carbocycles. The number of aromatic nitrogens is 2. The molecule has 1 fully saturated rings. The fraction of sp³-hybridized carbons (Fsp3) is 0.400. The van der Waals surface area contributed by atoms with Crippen molar-refractivity contribution in [2.24, 2.45) is 5.92 Å². The lowest BCUT2D eigenvalue weighted by Gasteiger charge is -2.15. The number of nitrogens with zero attached hydrogens (tertiary/aromatic N) is 3. The van der Waals surface area contributed by atoms with Crippen LogP contribution in [0.2, 0.25) is 0 Å². The van der Waals surface area contributed by atoms with Gasteiger partial charge >= 0.3 is 0 Å². The highest BCUT2D eigenvalue weighted by Gasteiger charge is 2.27. The molecule has 0 unspecified atom stereocenters. The van der Waals surface area contributed by atoms with Gasteiger partial charge in [0, 0.05) is 36.8 Å². The van der Waals surface area contributed by atoms with E-state index in [-0.39, 0.29) is 5.91 Å². The van der Waals surface area contributed by atoms with Crippen LogP contribution in [-0.2, 0) is 6.42 Å². The standard InChI is InChI=1S/C15H16N4OS/c20-14(18-9-10-2-3-10)13-8-11-12(21-13)4-7-19(11)15-16-5-1-6-17-15/h1,5-6,8,10H,2-4,7,9H2,(H,18,20). The monoisotopic (exact) mass is 300 g/mol. The molecule has 0 bridgehead atoms. The molecule has 1 amide bonds. The predicted octanol–water partition coefficient (Wildman–Crippen LogP) is 2.37. The van der Waals surface area contributed by atoms with E-state index < -0.39 is 0 Å². The molecule has 1 N–H and O–H groups in total. The average molecular weight is 300 g/mol. The number of hydrogen-bond acceptors (Lipinski definition) is 5. The molecule has 1 aliphatic heterocycles. The number of carbonyl (C=O) groups excluding carboxylic acids is 1. The second kappa shape index (κ2) is 5.11. The largest absolute Gasteiger partial charge is 0.351 e. The van der Waals surface area contributed by atoms with Crippen LogP contribution in [0.1, 0.15) is 27.4 Å². The first-order valence-electron chi connectivity index (χ1n) is 7.27. The summed E-state index contributed by atoms with van der Waals surface area (Å²) in [5.41, 5.74) is 1.09. The first-order valence-corrected chi connectivity index (χ1v) is 8.08. The van der Waals surface area contributed by atoms with E-state index in [2.05, 4.69) is 20.2 Å². The molecule has 2 aliphatic rings. The molecule has 2 aromatic heterocycles. The van der Waals surface area contributed by atoms with Crippen molar-refractivity contribution in [1.29, 1.82) is 0 Å². The summed E-state index contributed by atoms with van der Waals surface area (Å²) in [5, 5.41) is 3.03. The van der Waals surface area contributed by atoms with Gasteiger partial charge in [0.25, 0.3) is 5.91 Å². The molecule has 2 aromatic rings. The fourth-order valence-corrected chi connectivity index (χ4v) is 3.62. The van der Waals surface area contributed by atoms with Gasteiger partial charge in [-0.1, -0.05) is 0 Å². The number of carbonyl (C=O) groups is 1. The Morgan fingerprint density at radius 3 is 2.95 bits per heavy atom. The van der Waals surface area contributed by atoms with Crippen LogP contribution >= 0.6 is 11.3 Å². The minimum atomic E-state index is 0.0511. The lowest BCUT2D eigenvalue weighted by molar-refractivity contribution is 0.0956. The first kappa shape index (κ1) is 12.8. The van der Waals surface area contributed by atoms with Crippen LogP contribution in [0.4, 0.5) is 11.6 Å². The highest BCUT2D eigenvalue weighted by Crippen LogP contribution is 2.38. The molecule has 0 aromatic carbocycles. The number of rotatable bonds is 4. The van der Waals surface area contributed by atoms with Crippen molar-refractivity contribution in [2.75, 3.05) is 18.0 Å². The highest BCUT2D eigenvalue weighted by atomic mass is 32.1. The Kier molecular flexibility index (Phi) is 3.11. The van der Waals surface area contributed by atoms with Gasteiger partial charge in [-0.3, -0.25) is 4.79 Å². The van der Waals surface area contributed by atoms with Crippen LogP contribution in [0, 0.1) is 5.92 Å². The minimum absolute atomic E-state index is 0.0511. The Labute approximate surface area is 127 Å². The second-order valence-electron chi connectivity index (χ2n) is 5.52. The smallest absolute Gasteiger partial charge is 0.261 e. The number of hydrogen-bond donors (Lipinski definition) is 1. The highest BCUT2D eigenvalue weighted by molar-refractivity contribution is 7.14. The van der Waals surface area contributed by atoms with Crippen molar-refractivity contribution in [2.45, 2.75) is 19.3 Å². The van der Waals surface area contributed by atoms with Crippen LogP contribution < -0.4 is 10.2 Å². The van der Waals surface area contributed by atoms with Gasteiger partial charge in [0.05, 0.1) is 10.6 Å². The molecule has 0 radical (unpaired) electrons. The predicted molar refractivity (Wildman–Crippen MR) is 82.1 cm³/mol. The first-order chi connectivity index (χ1) is 10.3. The van der Waals surface area contributed by atoms with Gasteiger partial charge in [0.2, 0.25) is 5.95 Å². The molecule has 0 spiro atoms. The third-order valence-corrected chi connectivity index (χ3v) is 5.09. The van der Waals surface area contributed by atoms with Gasteiger partial charge in [-0.05, 0) is 30.9 Å². The van der Waals surface area contributed by atoms with Crippen molar-refractivity contribution in [1.82, 2.24) is 15.3 Å². The molecule has 1 saturated carbocycles. The third-order valence-electron chi connectivity index (χ3n) is 3.91. The maximum atomic E-state index is 12.2. The third kappa shape index (κ3) is 2.51. The molecule has 0 atom stereocenters. The number of fused-ring (bicyclic) bond motifs is 1. The Balaban J connectivity index is 1.54. The summed E-state index contributed by atoms with van der Waals surface area (Å²) in [6, 6.07) is 3.79. The Hall–Kier alpha value is -1.95. The fourth-order valence-electron chi connectivity index (χ4n) is 2.56. The van der Waals surface area contributed by atoms with Crippen LogP contribution in [0.5, 0.6) is 0 Å². The topological polar surface area (TPSA) is 58.1 Å². The van der Waals surface area contributed by atoms with Crippen molar-refractivity contribution < 1.29 is 4.79 Å². The van der Waals surface area contributed by atoms with Gasteiger partial charge in [0.1, 0.15) is 0 Å². The quantitative estimate of drug-likeness (QED) is 0.942. The maximum absolute atomic E-state index is 12.2. The van der Waals surface area contributed by atoms with E-state index in [1.807, 2.05) is 12.1 Å². The van der Waals surface area contributed by atoms with Crippen LogP contribution in [0.25, 0.3) is 0 Å². The van der Waals surface area contributed by atoms with E-state index in [4.69, 9.17) is 0 Å². The van der Waals surface area contributed by atoms with E-state index in [0.29, 0.717) is 11.9 Å². The SMILES string of the molecule is O=C(NCC1CC1)c1cc2c(s1)CCN2c1ncccn1. The summed E-state index contributed by atoms with van der Waals surface area (Å²) in [6.07, 6.45) is 6.95. The van der Waals surface area contributed by atoms with Crippen molar-refractivity contribution in [3.05, 3.63) is 34.3 Å². The molecule has 4 rings (SSSR count). The zero-order valence-electron chi connectivity index (χ0n) is 11.6. The van der Waals surface area contributed by atoms with E-state index in [9.17, 15) is 4.79 Å². The zero-order chi connectivity index (χ0) is 14.2. The van der Waals surface area contributed by atoms with Crippen molar-refractivity contribution in [3.63, 3.8) is 0 Å².